The van der Waals surface area contributed by atoms with Crippen LogP contribution < -0.4 is 21.6 Å². The molecule has 1 heterocycles. The van der Waals surface area contributed by atoms with Gasteiger partial charge in [-0.1, -0.05) is 90.4 Å². The Balaban J connectivity index is 1.81. The number of hydrogen-bond acceptors (Lipinski definition) is 4. The van der Waals surface area contributed by atoms with Gasteiger partial charge in [-0.2, -0.15) is 0 Å². The predicted molar refractivity (Wildman–Crippen MR) is 150 cm³/mol. The molecule has 2 N–H and O–H groups in total. The summed E-state index contributed by atoms with van der Waals surface area (Å²) in [4.78, 5) is 55.4. The van der Waals surface area contributed by atoms with E-state index in [-0.39, 0.29) is 12.2 Å². The first-order valence-electron chi connectivity index (χ1n) is 11.7. The van der Waals surface area contributed by atoms with Crippen LogP contribution >= 0.6 is 15.9 Å². The molecule has 0 bridgehead atoms. The van der Waals surface area contributed by atoms with Crippen molar-refractivity contribution in [1.82, 2.24) is 9.55 Å². The molecule has 0 aliphatic carbocycles. The molecule has 0 atom stereocenters. The van der Waals surface area contributed by atoms with E-state index in [0.717, 1.165) is 14.9 Å². The maximum Gasteiger partial charge on any atom is 0.329 e. The van der Waals surface area contributed by atoms with Crippen molar-refractivity contribution in [3.63, 3.8) is 0 Å². The molecule has 6 nitrogen and oxygen atoms in total. The van der Waals surface area contributed by atoms with Gasteiger partial charge in [0.25, 0.3) is 13.9 Å². The first-order valence-corrected chi connectivity index (χ1v) is 14.5. The van der Waals surface area contributed by atoms with Gasteiger partial charge in [-0.25, -0.2) is 9.36 Å². The van der Waals surface area contributed by atoms with E-state index in [0.29, 0.717) is 15.4 Å². The van der Waals surface area contributed by atoms with Crippen molar-refractivity contribution in [2.24, 2.45) is 0 Å². The van der Waals surface area contributed by atoms with Crippen LogP contribution in [0.5, 0.6) is 0 Å². The molecule has 1 aromatic heterocycles. The highest BCUT2D eigenvalue weighted by Gasteiger charge is 2.52. The van der Waals surface area contributed by atoms with Gasteiger partial charge < -0.3 is 9.78 Å². The van der Waals surface area contributed by atoms with Gasteiger partial charge in [0.05, 0.1) is 10.9 Å². The molecule has 0 aliphatic heterocycles. The minimum absolute atomic E-state index is 0.0328. The number of nitrogens with zero attached hydrogens (tertiary/aromatic N) is 1. The van der Waals surface area contributed by atoms with Crippen molar-refractivity contribution >= 4 is 51.3 Å². The second-order valence-corrected chi connectivity index (χ2v) is 15.1. The average Bonchev–Trinajstić information content (AvgIpc) is 2.84. The standard InChI is InChI=1S/C28H29BrN2O4Si/c1-27(2,36(35,20-11-7-5-8-12-20)21-13-9-6-10-14-21)18-24(32)28(3,4)31-25(33)22-17-19(29)15-16-23(22)30-26(31)34/h5-17,35H,18H2,1-4H3,(H,30,34). The fourth-order valence-corrected chi connectivity index (χ4v) is 8.89. The number of Topliss-reactive ketones (excluding diaryl/α,β-unsaturated/α-hetero) is 1. The third kappa shape index (κ3) is 4.34. The van der Waals surface area contributed by atoms with E-state index in [4.69, 9.17) is 0 Å². The van der Waals surface area contributed by atoms with Gasteiger partial charge in [0.1, 0.15) is 5.54 Å². The zero-order valence-electron chi connectivity index (χ0n) is 20.7. The number of nitrogens with one attached hydrogen (secondary N) is 1. The van der Waals surface area contributed by atoms with E-state index < -0.39 is 30.1 Å². The largest absolute Gasteiger partial charge is 0.424 e. The summed E-state index contributed by atoms with van der Waals surface area (Å²) >= 11 is 3.36. The van der Waals surface area contributed by atoms with E-state index in [1.165, 1.54) is 0 Å². The molecule has 0 amide bonds. The zero-order valence-corrected chi connectivity index (χ0v) is 23.3. The topological polar surface area (TPSA) is 92.2 Å². The molecule has 0 spiro atoms. The smallest absolute Gasteiger partial charge is 0.329 e. The van der Waals surface area contributed by atoms with Crippen LogP contribution in [0.1, 0.15) is 34.1 Å². The van der Waals surface area contributed by atoms with Crippen LogP contribution in [0.3, 0.4) is 0 Å². The number of fused-ring (bicyclic) bond motifs is 1. The summed E-state index contributed by atoms with van der Waals surface area (Å²) in [5.74, 6) is -0.313. The van der Waals surface area contributed by atoms with Crippen molar-refractivity contribution in [3.8, 4) is 0 Å². The molecule has 36 heavy (non-hydrogen) atoms. The predicted octanol–water partition coefficient (Wildman–Crippen LogP) is 3.68. The Morgan fingerprint density at radius 1 is 0.917 bits per heavy atom. The van der Waals surface area contributed by atoms with Gasteiger partial charge in [-0.15, -0.1) is 0 Å². The molecule has 0 saturated heterocycles. The first-order chi connectivity index (χ1) is 16.9. The number of H-pyrrole nitrogens is 1. The third-order valence-electron chi connectivity index (χ3n) is 7.07. The Bertz CT molecular complexity index is 1500. The lowest BCUT2D eigenvalue weighted by molar-refractivity contribution is -0.127. The van der Waals surface area contributed by atoms with Crippen LogP contribution in [0.25, 0.3) is 10.9 Å². The van der Waals surface area contributed by atoms with Crippen molar-refractivity contribution in [2.45, 2.75) is 44.7 Å². The maximum atomic E-state index is 13.9. The number of carbonyl (C=O) groups is 1. The number of benzene rings is 3. The van der Waals surface area contributed by atoms with E-state index >= 15 is 0 Å². The van der Waals surface area contributed by atoms with Crippen molar-refractivity contribution in [2.75, 3.05) is 0 Å². The van der Waals surface area contributed by atoms with Gasteiger partial charge >= 0.3 is 5.69 Å². The van der Waals surface area contributed by atoms with Gasteiger partial charge in [-0.3, -0.25) is 9.59 Å². The highest BCUT2D eigenvalue weighted by molar-refractivity contribution is 9.10. The summed E-state index contributed by atoms with van der Waals surface area (Å²) in [6.45, 7) is 6.93. The third-order valence-corrected chi connectivity index (χ3v) is 12.0. The molecule has 0 radical (unpaired) electrons. The molecule has 0 aliphatic rings. The molecule has 3 aromatic carbocycles. The number of carbonyl (C=O) groups excluding carboxylic acids is 1. The van der Waals surface area contributed by atoms with Crippen molar-refractivity contribution in [1.29, 1.82) is 0 Å². The lowest BCUT2D eigenvalue weighted by atomic mass is 9.91. The fourth-order valence-electron chi connectivity index (χ4n) is 4.87. The van der Waals surface area contributed by atoms with Gasteiger partial charge in [-0.05, 0) is 47.5 Å². The second-order valence-electron chi connectivity index (χ2n) is 10.2. The highest BCUT2D eigenvalue weighted by atomic mass is 79.9. The lowest BCUT2D eigenvalue weighted by Crippen LogP contribution is -2.66. The van der Waals surface area contributed by atoms with Gasteiger partial charge in [0.15, 0.2) is 5.78 Å². The average molecular weight is 566 g/mol. The Labute approximate surface area is 218 Å². The summed E-state index contributed by atoms with van der Waals surface area (Å²) in [5.41, 5.74) is -2.22. The molecule has 0 saturated carbocycles. The van der Waals surface area contributed by atoms with Gasteiger partial charge in [0.2, 0.25) is 0 Å². The van der Waals surface area contributed by atoms with Crippen LogP contribution in [0.2, 0.25) is 5.04 Å². The summed E-state index contributed by atoms with van der Waals surface area (Å²) < 4.78 is 1.68. The Hall–Kier alpha value is -3.07. The van der Waals surface area contributed by atoms with E-state index in [1.54, 1.807) is 32.0 Å². The molecule has 0 fully saturated rings. The summed E-state index contributed by atoms with van der Waals surface area (Å²) in [5, 5.41) is 1.03. The summed E-state index contributed by atoms with van der Waals surface area (Å²) in [7, 11) is -3.45. The van der Waals surface area contributed by atoms with E-state index in [9.17, 15) is 19.2 Å². The van der Waals surface area contributed by atoms with Crippen LogP contribution in [0, 0.1) is 0 Å². The van der Waals surface area contributed by atoms with E-state index in [2.05, 4.69) is 20.9 Å². The Morgan fingerprint density at radius 3 is 1.97 bits per heavy atom. The molecular weight excluding hydrogens is 536 g/mol. The zero-order chi connectivity index (χ0) is 26.3. The molecule has 186 valence electrons. The minimum atomic E-state index is -3.45. The summed E-state index contributed by atoms with van der Waals surface area (Å²) in [6, 6.07) is 23.9. The van der Waals surface area contributed by atoms with Gasteiger partial charge in [0, 0.05) is 10.9 Å². The Kier molecular flexibility index (Phi) is 6.81. The number of rotatable bonds is 7. The number of hydrogen-bond donors (Lipinski definition) is 2. The fraction of sp³-hybridized carbons (Fsp3) is 0.250. The molecule has 4 aromatic rings. The highest BCUT2D eigenvalue weighted by Crippen LogP contribution is 2.40. The molecule has 0 unspecified atom stereocenters. The van der Waals surface area contributed by atoms with Crippen LogP contribution in [0.15, 0.2) is 92.9 Å². The first kappa shape index (κ1) is 26.0. The van der Waals surface area contributed by atoms with Crippen LogP contribution in [-0.4, -0.2) is 28.4 Å². The minimum Gasteiger partial charge on any atom is -0.424 e. The Morgan fingerprint density at radius 2 is 1.44 bits per heavy atom. The molecule has 8 heteroatoms. The van der Waals surface area contributed by atoms with Crippen LogP contribution in [-0.2, 0) is 10.3 Å². The van der Waals surface area contributed by atoms with E-state index in [1.807, 2.05) is 74.5 Å². The second kappa shape index (κ2) is 9.42. The summed E-state index contributed by atoms with van der Waals surface area (Å²) in [6.07, 6.45) is -0.0328. The van der Waals surface area contributed by atoms with Crippen molar-refractivity contribution < 1.29 is 9.59 Å². The lowest BCUT2D eigenvalue weighted by Gasteiger charge is -2.42. The quantitative estimate of drug-likeness (QED) is 0.335. The maximum absolute atomic E-state index is 13.9. The molecular formula is C28H29BrN2O4Si. The molecule has 4 rings (SSSR count). The number of aromatic nitrogens is 2. The van der Waals surface area contributed by atoms with Crippen molar-refractivity contribution in [3.05, 3.63) is 104 Å². The normalized spacial score (nSPS) is 12.6. The number of halogens is 1. The van der Waals surface area contributed by atoms with Crippen LogP contribution in [0.4, 0.5) is 0 Å². The number of aromatic amines is 1. The monoisotopic (exact) mass is 564 g/mol. The SMILES string of the molecule is CC(C)(C(=O)CC(C)(C)[Si](O)(c1ccccc1)c1ccccc1)n1c(=O)[nH]c2ccc(Br)cc2c1=O. The number of ketones is 1.